The molecule has 0 aromatic heterocycles. The number of hydrogen-bond donors (Lipinski definition) is 3. The molecule has 3 N–H and O–H groups in total. The number of carboxylic acid groups (broad SMARTS) is 1. The van der Waals surface area contributed by atoms with Gasteiger partial charge in [0.05, 0.1) is 6.61 Å². The number of ether oxygens (including phenoxy) is 5. The molecule has 434 valence electrons. The van der Waals surface area contributed by atoms with Crippen LogP contribution in [0.5, 0.6) is 0 Å². The molecule has 12 heteroatoms. The second-order valence-electron chi connectivity index (χ2n) is 21.0. The molecule has 1 aliphatic heterocycles. The van der Waals surface area contributed by atoms with Gasteiger partial charge in [0.2, 0.25) is 0 Å². The lowest BCUT2D eigenvalue weighted by Gasteiger charge is -2.40. The summed E-state index contributed by atoms with van der Waals surface area (Å²) in [6, 6.07) is 0. The number of aliphatic hydroxyl groups excluding tert-OH is 2. The molecule has 0 aliphatic carbocycles. The molecule has 0 spiro atoms. The second-order valence-corrected chi connectivity index (χ2v) is 21.0. The highest BCUT2D eigenvalue weighted by atomic mass is 16.7. The largest absolute Gasteiger partial charge is 0.479 e. The fraction of sp³-hybridized carbons (Fsp3) is 0.810. The molecule has 1 fully saturated rings. The third kappa shape index (κ3) is 41.5. The summed E-state index contributed by atoms with van der Waals surface area (Å²) in [7, 11) is 0. The van der Waals surface area contributed by atoms with Gasteiger partial charge in [-0.1, -0.05) is 223 Å². The Morgan fingerprint density at radius 2 is 0.800 bits per heavy atom. The fourth-order valence-electron chi connectivity index (χ4n) is 9.13. The van der Waals surface area contributed by atoms with Crippen molar-refractivity contribution in [3.63, 3.8) is 0 Å². The molecule has 6 unspecified atom stereocenters. The zero-order valence-electron chi connectivity index (χ0n) is 47.8. The van der Waals surface area contributed by atoms with E-state index >= 15 is 0 Å². The minimum absolute atomic E-state index is 0.0519. The number of esters is 3. The Bertz CT molecular complexity index is 1490. The van der Waals surface area contributed by atoms with Crippen LogP contribution in [0.15, 0.2) is 48.6 Å². The Morgan fingerprint density at radius 1 is 0.440 bits per heavy atom. The molecule has 0 radical (unpaired) electrons. The quantitative estimate of drug-likeness (QED) is 0.0228. The first-order valence-corrected chi connectivity index (χ1v) is 30.6. The normalized spacial score (nSPS) is 18.4. The lowest BCUT2D eigenvalue weighted by molar-refractivity contribution is -0.301. The molecule has 6 atom stereocenters. The molecule has 1 heterocycles. The van der Waals surface area contributed by atoms with Gasteiger partial charge in [0.15, 0.2) is 24.6 Å². The first-order valence-electron chi connectivity index (χ1n) is 30.6. The van der Waals surface area contributed by atoms with Crippen molar-refractivity contribution in [3.05, 3.63) is 48.6 Å². The van der Waals surface area contributed by atoms with E-state index in [0.29, 0.717) is 19.3 Å². The lowest BCUT2D eigenvalue weighted by Crippen LogP contribution is -2.61. The number of carbonyl (C=O) groups is 4. The number of aliphatic carboxylic acids is 1. The van der Waals surface area contributed by atoms with Crippen molar-refractivity contribution in [3.8, 4) is 0 Å². The molecule has 1 aliphatic rings. The molecule has 0 aromatic rings. The molecule has 0 amide bonds. The van der Waals surface area contributed by atoms with E-state index in [2.05, 4.69) is 69.4 Å². The molecule has 0 aromatic carbocycles. The maximum absolute atomic E-state index is 13.1. The minimum Gasteiger partial charge on any atom is -0.479 e. The van der Waals surface area contributed by atoms with Crippen molar-refractivity contribution in [2.24, 2.45) is 0 Å². The van der Waals surface area contributed by atoms with E-state index < -0.39 is 67.3 Å². The highest BCUT2D eigenvalue weighted by Gasteiger charge is 2.50. The van der Waals surface area contributed by atoms with Crippen LogP contribution in [0.2, 0.25) is 0 Å². The van der Waals surface area contributed by atoms with E-state index in [1.54, 1.807) is 0 Å². The van der Waals surface area contributed by atoms with Crippen molar-refractivity contribution in [1.82, 2.24) is 0 Å². The Kier molecular flexibility index (Phi) is 47.8. The summed E-state index contributed by atoms with van der Waals surface area (Å²) in [4.78, 5) is 51.1. The van der Waals surface area contributed by atoms with Crippen LogP contribution in [0, 0.1) is 0 Å². The first kappa shape index (κ1) is 69.7. The smallest absolute Gasteiger partial charge is 0.335 e. The van der Waals surface area contributed by atoms with E-state index in [9.17, 15) is 34.5 Å². The van der Waals surface area contributed by atoms with Gasteiger partial charge in [0.25, 0.3) is 0 Å². The van der Waals surface area contributed by atoms with Crippen LogP contribution < -0.4 is 0 Å². The van der Waals surface area contributed by atoms with Gasteiger partial charge in [0.1, 0.15) is 18.8 Å². The molecular formula is C63H110O12. The third-order valence-electron chi connectivity index (χ3n) is 13.9. The average Bonchev–Trinajstić information content (AvgIpc) is 3.39. The number of aliphatic hydroxyl groups is 2. The Labute approximate surface area is 456 Å². The zero-order valence-corrected chi connectivity index (χ0v) is 47.8. The summed E-state index contributed by atoms with van der Waals surface area (Å²) in [5, 5.41) is 31.5. The van der Waals surface area contributed by atoms with Crippen LogP contribution in [0.1, 0.15) is 278 Å². The van der Waals surface area contributed by atoms with Crippen molar-refractivity contribution >= 4 is 23.9 Å². The molecule has 0 bridgehead atoms. The third-order valence-corrected chi connectivity index (χ3v) is 13.9. The summed E-state index contributed by atoms with van der Waals surface area (Å²) in [5.41, 5.74) is 0. The van der Waals surface area contributed by atoms with Crippen LogP contribution in [0.4, 0.5) is 0 Å². The van der Waals surface area contributed by atoms with E-state index in [1.807, 2.05) is 0 Å². The Balaban J connectivity index is 2.68. The molecule has 1 saturated heterocycles. The van der Waals surface area contributed by atoms with Crippen LogP contribution in [0.25, 0.3) is 0 Å². The fourth-order valence-corrected chi connectivity index (χ4v) is 9.13. The molecule has 12 nitrogen and oxygen atoms in total. The predicted molar refractivity (Wildman–Crippen MR) is 303 cm³/mol. The number of rotatable bonds is 52. The van der Waals surface area contributed by atoms with Crippen LogP contribution in [0.3, 0.4) is 0 Å². The van der Waals surface area contributed by atoms with Gasteiger partial charge in [-0.05, 0) is 83.5 Å². The zero-order chi connectivity index (χ0) is 54.7. The summed E-state index contributed by atoms with van der Waals surface area (Å²) in [6.07, 6.45) is 49.2. The van der Waals surface area contributed by atoms with Gasteiger partial charge >= 0.3 is 23.9 Å². The molecular weight excluding hydrogens is 949 g/mol. The maximum Gasteiger partial charge on any atom is 0.335 e. The van der Waals surface area contributed by atoms with Crippen molar-refractivity contribution in [2.75, 3.05) is 13.2 Å². The van der Waals surface area contributed by atoms with E-state index in [1.165, 1.54) is 96.3 Å². The van der Waals surface area contributed by atoms with Crippen LogP contribution >= 0.6 is 0 Å². The van der Waals surface area contributed by atoms with Crippen LogP contribution in [-0.4, -0.2) is 89.2 Å². The van der Waals surface area contributed by atoms with E-state index in [0.717, 1.165) is 122 Å². The number of allylic oxidation sites excluding steroid dienone is 8. The lowest BCUT2D eigenvalue weighted by atomic mass is 9.98. The Hall–Kier alpha value is -3.32. The van der Waals surface area contributed by atoms with Crippen LogP contribution in [-0.2, 0) is 42.9 Å². The maximum atomic E-state index is 13.1. The summed E-state index contributed by atoms with van der Waals surface area (Å²) in [6.45, 7) is 5.95. The number of carbonyl (C=O) groups excluding carboxylic acids is 3. The molecule has 0 saturated carbocycles. The van der Waals surface area contributed by atoms with Gasteiger partial charge in [-0.15, -0.1) is 0 Å². The van der Waals surface area contributed by atoms with Crippen molar-refractivity contribution in [2.45, 2.75) is 314 Å². The summed E-state index contributed by atoms with van der Waals surface area (Å²) in [5.74, 6) is -3.13. The van der Waals surface area contributed by atoms with Gasteiger partial charge in [-0.25, -0.2) is 4.79 Å². The van der Waals surface area contributed by atoms with E-state index in [4.69, 9.17) is 23.7 Å². The number of carboxylic acids is 1. The van der Waals surface area contributed by atoms with Crippen molar-refractivity contribution < 1.29 is 58.2 Å². The SMILES string of the molecule is CCCCC/C=C\C/C=C\CCCCCCCCCC(=O)OC1C(OCC(COC(=O)CCCCCCC/C=C\C/C=C\CCCCC)OC(=O)CCCCCCCCCCCCCCC)OC(C(=O)O)C(O)C1O. The van der Waals surface area contributed by atoms with Gasteiger partial charge in [0, 0.05) is 19.3 Å². The Morgan fingerprint density at radius 3 is 1.23 bits per heavy atom. The van der Waals surface area contributed by atoms with Gasteiger partial charge in [-0.3, -0.25) is 14.4 Å². The van der Waals surface area contributed by atoms with Crippen molar-refractivity contribution in [1.29, 1.82) is 0 Å². The molecule has 1 rings (SSSR count). The average molecular weight is 1060 g/mol. The van der Waals surface area contributed by atoms with E-state index in [-0.39, 0.29) is 25.9 Å². The highest BCUT2D eigenvalue weighted by Crippen LogP contribution is 2.26. The minimum atomic E-state index is -1.91. The second kappa shape index (κ2) is 51.4. The summed E-state index contributed by atoms with van der Waals surface area (Å²) < 4.78 is 28.5. The highest BCUT2D eigenvalue weighted by molar-refractivity contribution is 5.74. The van der Waals surface area contributed by atoms with Gasteiger partial charge in [-0.2, -0.15) is 0 Å². The van der Waals surface area contributed by atoms with Gasteiger partial charge < -0.3 is 39.0 Å². The predicted octanol–water partition coefficient (Wildman–Crippen LogP) is 15.8. The monoisotopic (exact) mass is 1060 g/mol. The topological polar surface area (TPSA) is 175 Å². The number of unbranched alkanes of at least 4 members (excludes halogenated alkanes) is 30. The first-order chi connectivity index (χ1) is 36.6. The summed E-state index contributed by atoms with van der Waals surface area (Å²) >= 11 is 0. The molecule has 75 heavy (non-hydrogen) atoms. The standard InChI is InChI=1S/C63H110O12/c1-4-7-10-13-16-19-22-25-27-28-30-33-36-39-42-45-48-51-57(66)74-61-59(68)58(67)60(62(69)70)75-63(61)72-53-54(73-56(65)50-47-44-41-38-35-31-24-21-18-15-12-9-6-3)52-71-55(64)49-46-43-40-37-34-32-29-26-23-20-17-14-11-8-5-2/h16-17,19-20,25-27,29,54,58-61,63,67-68H,4-15,18,21-24,28,30-53H2,1-3H3,(H,69,70)/b19-16-,20-17-,27-25-,29-26-. The number of hydrogen-bond acceptors (Lipinski definition) is 11.